The second-order valence-corrected chi connectivity index (χ2v) is 4.27. The number of hydrogen-bond acceptors (Lipinski definition) is 4. The molecule has 0 amide bonds. The second kappa shape index (κ2) is 5.97. The zero-order valence-corrected chi connectivity index (χ0v) is 11.3. The van der Waals surface area contributed by atoms with E-state index in [1.165, 1.54) is 37.4 Å². The molecule has 0 aliphatic rings. The smallest absolute Gasteiger partial charge is 0.506 e. The zero-order chi connectivity index (χ0) is 16.3. The lowest BCUT2D eigenvalue weighted by molar-refractivity contribution is -0.274. The number of ether oxygens (including phenoxy) is 2. The highest BCUT2D eigenvalue weighted by molar-refractivity contribution is 5.95. The lowest BCUT2D eigenvalue weighted by Crippen LogP contribution is -2.16. The molecule has 7 heteroatoms. The topological polar surface area (TPSA) is 55.8 Å². The van der Waals surface area contributed by atoms with Crippen molar-refractivity contribution in [3.63, 3.8) is 0 Å². The minimum atomic E-state index is -4.77. The number of hydrogen-bond donors (Lipinski definition) is 1. The molecule has 2 aromatic carbocycles. The molecule has 0 aliphatic heterocycles. The van der Waals surface area contributed by atoms with Crippen LogP contribution in [-0.4, -0.2) is 24.5 Å². The Morgan fingerprint density at radius 1 is 1.09 bits per heavy atom. The summed E-state index contributed by atoms with van der Waals surface area (Å²) in [6.07, 6.45) is -4.77. The van der Waals surface area contributed by atoms with E-state index >= 15 is 0 Å². The van der Waals surface area contributed by atoms with Crippen molar-refractivity contribution in [2.24, 2.45) is 0 Å². The Labute approximate surface area is 123 Å². The summed E-state index contributed by atoms with van der Waals surface area (Å²) >= 11 is 0. The number of benzene rings is 2. The molecule has 0 aromatic heterocycles. The van der Waals surface area contributed by atoms with Gasteiger partial charge < -0.3 is 14.6 Å². The normalized spacial score (nSPS) is 11.1. The first-order chi connectivity index (χ1) is 10.3. The van der Waals surface area contributed by atoms with Crippen molar-refractivity contribution in [1.82, 2.24) is 0 Å². The molecule has 0 fully saturated rings. The third-order valence-corrected chi connectivity index (χ3v) is 2.84. The number of rotatable bonds is 3. The molecule has 2 rings (SSSR count). The minimum Gasteiger partial charge on any atom is -0.506 e. The van der Waals surface area contributed by atoms with E-state index in [4.69, 9.17) is 0 Å². The molecule has 1 N–H and O–H groups in total. The van der Waals surface area contributed by atoms with Gasteiger partial charge in [0.25, 0.3) is 0 Å². The van der Waals surface area contributed by atoms with Crippen LogP contribution in [0.25, 0.3) is 11.1 Å². The van der Waals surface area contributed by atoms with E-state index in [1.54, 1.807) is 0 Å². The van der Waals surface area contributed by atoms with Gasteiger partial charge in [0.2, 0.25) is 0 Å². The number of phenols is 1. The van der Waals surface area contributed by atoms with Gasteiger partial charge in [-0.2, -0.15) is 0 Å². The van der Waals surface area contributed by atoms with Crippen LogP contribution >= 0.6 is 0 Å². The van der Waals surface area contributed by atoms with E-state index in [0.717, 1.165) is 12.1 Å². The lowest BCUT2D eigenvalue weighted by atomic mass is 10.0. The third-order valence-electron chi connectivity index (χ3n) is 2.84. The van der Waals surface area contributed by atoms with Gasteiger partial charge in [0, 0.05) is 5.56 Å². The van der Waals surface area contributed by atoms with Crippen LogP contribution in [0.5, 0.6) is 11.5 Å². The maximum absolute atomic E-state index is 12.1. The Morgan fingerprint density at radius 3 is 2.27 bits per heavy atom. The molecule has 0 saturated carbocycles. The SMILES string of the molecule is COC(=O)c1cccc(-c2ccc(OC(F)(F)F)cc2)c1O. The summed E-state index contributed by atoms with van der Waals surface area (Å²) in [6, 6.07) is 9.36. The van der Waals surface area contributed by atoms with Gasteiger partial charge in [-0.05, 0) is 23.8 Å². The minimum absolute atomic E-state index is 0.0318. The van der Waals surface area contributed by atoms with Gasteiger partial charge in [-0.1, -0.05) is 24.3 Å². The van der Waals surface area contributed by atoms with E-state index in [9.17, 15) is 23.1 Å². The lowest BCUT2D eigenvalue weighted by Gasteiger charge is -2.11. The largest absolute Gasteiger partial charge is 0.573 e. The summed E-state index contributed by atoms with van der Waals surface area (Å²) in [5, 5.41) is 10.1. The zero-order valence-electron chi connectivity index (χ0n) is 11.3. The Balaban J connectivity index is 2.35. The van der Waals surface area contributed by atoms with Gasteiger partial charge in [-0.3, -0.25) is 0 Å². The van der Waals surface area contributed by atoms with Gasteiger partial charge in [0.05, 0.1) is 7.11 Å². The maximum atomic E-state index is 12.1. The fourth-order valence-corrected chi connectivity index (χ4v) is 1.89. The molecule has 0 bridgehead atoms. The molecule has 0 heterocycles. The van der Waals surface area contributed by atoms with Crippen LogP contribution in [0.15, 0.2) is 42.5 Å². The highest BCUT2D eigenvalue weighted by Crippen LogP contribution is 2.34. The molecule has 0 aliphatic carbocycles. The molecule has 116 valence electrons. The molecule has 4 nitrogen and oxygen atoms in total. The summed E-state index contributed by atoms with van der Waals surface area (Å²) in [7, 11) is 1.18. The second-order valence-electron chi connectivity index (χ2n) is 4.27. The van der Waals surface area contributed by atoms with Crippen molar-refractivity contribution < 1.29 is 32.5 Å². The standard InChI is InChI=1S/C15H11F3O4/c1-21-14(20)12-4-2-3-11(13(12)19)9-5-7-10(8-6-9)22-15(16,17)18/h2-8,19H,1H3. The monoisotopic (exact) mass is 312 g/mol. The van der Waals surface area contributed by atoms with Crippen molar-refractivity contribution in [3.05, 3.63) is 48.0 Å². The van der Waals surface area contributed by atoms with Gasteiger partial charge in [0.15, 0.2) is 0 Å². The predicted molar refractivity (Wildman–Crippen MR) is 71.6 cm³/mol. The Morgan fingerprint density at radius 2 is 1.73 bits per heavy atom. The fraction of sp³-hybridized carbons (Fsp3) is 0.133. The van der Waals surface area contributed by atoms with Crippen molar-refractivity contribution in [1.29, 1.82) is 0 Å². The fourth-order valence-electron chi connectivity index (χ4n) is 1.89. The van der Waals surface area contributed by atoms with Crippen LogP contribution < -0.4 is 4.74 Å². The van der Waals surface area contributed by atoms with E-state index in [-0.39, 0.29) is 17.1 Å². The van der Waals surface area contributed by atoms with E-state index in [2.05, 4.69) is 9.47 Å². The van der Waals surface area contributed by atoms with Crippen LogP contribution in [0, 0.1) is 0 Å². The molecule has 22 heavy (non-hydrogen) atoms. The molecule has 0 spiro atoms. The summed E-state index contributed by atoms with van der Waals surface area (Å²) in [6.45, 7) is 0. The molecular weight excluding hydrogens is 301 g/mol. The van der Waals surface area contributed by atoms with Crippen LogP contribution in [-0.2, 0) is 4.74 Å². The van der Waals surface area contributed by atoms with Crippen LogP contribution in [0.1, 0.15) is 10.4 Å². The summed E-state index contributed by atoms with van der Waals surface area (Å²) in [5.74, 6) is -1.39. The molecule has 0 saturated heterocycles. The highest BCUT2D eigenvalue weighted by atomic mass is 19.4. The van der Waals surface area contributed by atoms with Crippen LogP contribution in [0.3, 0.4) is 0 Å². The average Bonchev–Trinajstić information content (AvgIpc) is 2.46. The number of phenolic OH excluding ortho intramolecular Hbond substituents is 1. The first-order valence-electron chi connectivity index (χ1n) is 6.08. The van der Waals surface area contributed by atoms with Gasteiger partial charge in [-0.15, -0.1) is 13.2 Å². The highest BCUT2D eigenvalue weighted by Gasteiger charge is 2.31. The number of para-hydroxylation sites is 1. The number of halogens is 3. The Bertz CT molecular complexity index is 678. The van der Waals surface area contributed by atoms with Gasteiger partial charge in [0.1, 0.15) is 17.1 Å². The predicted octanol–water partition coefficient (Wildman–Crippen LogP) is 3.74. The van der Waals surface area contributed by atoms with E-state index in [1.807, 2.05) is 0 Å². The molecular formula is C15H11F3O4. The third kappa shape index (κ3) is 3.49. The van der Waals surface area contributed by atoms with Crippen LogP contribution in [0.2, 0.25) is 0 Å². The number of esters is 1. The number of methoxy groups -OCH3 is 1. The maximum Gasteiger partial charge on any atom is 0.573 e. The Kier molecular flexibility index (Phi) is 4.25. The van der Waals surface area contributed by atoms with Crippen LogP contribution in [0.4, 0.5) is 13.2 Å². The van der Waals surface area contributed by atoms with Crippen molar-refractivity contribution >= 4 is 5.97 Å². The van der Waals surface area contributed by atoms with Crippen molar-refractivity contribution in [2.45, 2.75) is 6.36 Å². The molecule has 0 radical (unpaired) electrons. The summed E-state index contributed by atoms with van der Waals surface area (Å²) in [5.41, 5.74) is 0.690. The number of carbonyl (C=O) groups excluding carboxylic acids is 1. The first kappa shape index (κ1) is 15.7. The molecule has 0 unspecified atom stereocenters. The summed E-state index contributed by atoms with van der Waals surface area (Å²) < 4.78 is 44.6. The van der Waals surface area contributed by atoms with Crippen molar-refractivity contribution in [2.75, 3.05) is 7.11 Å². The summed E-state index contributed by atoms with van der Waals surface area (Å²) in [4.78, 5) is 11.5. The Hall–Kier alpha value is -2.70. The number of alkyl halides is 3. The van der Waals surface area contributed by atoms with E-state index < -0.39 is 12.3 Å². The van der Waals surface area contributed by atoms with Gasteiger partial charge in [-0.25, -0.2) is 4.79 Å². The molecule has 0 atom stereocenters. The first-order valence-corrected chi connectivity index (χ1v) is 6.08. The van der Waals surface area contributed by atoms with E-state index in [0.29, 0.717) is 11.1 Å². The quantitative estimate of drug-likeness (QED) is 0.877. The number of aromatic hydroxyl groups is 1. The number of carbonyl (C=O) groups is 1. The van der Waals surface area contributed by atoms with Crippen molar-refractivity contribution in [3.8, 4) is 22.6 Å². The average molecular weight is 312 g/mol. The van der Waals surface area contributed by atoms with Gasteiger partial charge >= 0.3 is 12.3 Å². The molecule has 2 aromatic rings.